The number of carbonyl (C=O) groups is 1. The third kappa shape index (κ3) is 2.39. The lowest BCUT2D eigenvalue weighted by atomic mass is 10.1. The van der Waals surface area contributed by atoms with Crippen LogP contribution in [-0.2, 0) is 0 Å². The quantitative estimate of drug-likeness (QED) is 0.859. The molecule has 0 saturated carbocycles. The van der Waals surface area contributed by atoms with Crippen LogP contribution in [0.1, 0.15) is 10.5 Å². The van der Waals surface area contributed by atoms with Crippen LogP contribution in [0.5, 0.6) is 5.75 Å². The van der Waals surface area contributed by atoms with Gasteiger partial charge in [0.1, 0.15) is 11.4 Å². The molecule has 2 N–H and O–H groups in total. The van der Waals surface area contributed by atoms with Crippen LogP contribution in [0, 0.1) is 0 Å². The summed E-state index contributed by atoms with van der Waals surface area (Å²) in [6, 6.07) is 7.31. The van der Waals surface area contributed by atoms with Gasteiger partial charge in [-0.3, -0.25) is 9.78 Å². The molecular formula is C12H11N3O2. The predicted octanol–water partition coefficient (Wildman–Crippen LogP) is 1.25. The van der Waals surface area contributed by atoms with Crippen LogP contribution in [0.25, 0.3) is 11.3 Å². The van der Waals surface area contributed by atoms with E-state index in [1.54, 1.807) is 13.3 Å². The molecule has 0 fully saturated rings. The van der Waals surface area contributed by atoms with Crippen molar-refractivity contribution in [1.82, 2.24) is 9.97 Å². The zero-order valence-corrected chi connectivity index (χ0v) is 9.25. The fraction of sp³-hybridized carbons (Fsp3) is 0.0833. The molecule has 2 rings (SSSR count). The molecule has 0 radical (unpaired) electrons. The summed E-state index contributed by atoms with van der Waals surface area (Å²) in [5.41, 5.74) is 6.75. The first-order valence-electron chi connectivity index (χ1n) is 4.97. The van der Waals surface area contributed by atoms with Gasteiger partial charge in [-0.2, -0.15) is 0 Å². The van der Waals surface area contributed by atoms with E-state index in [1.807, 2.05) is 24.3 Å². The molecular weight excluding hydrogens is 218 g/mol. The number of ether oxygens (including phenoxy) is 1. The van der Waals surface area contributed by atoms with Gasteiger partial charge in [0.2, 0.25) is 0 Å². The Bertz CT molecular complexity index is 538. The number of primary amides is 1. The molecule has 1 amide bonds. The van der Waals surface area contributed by atoms with E-state index in [0.717, 1.165) is 11.3 Å². The van der Waals surface area contributed by atoms with E-state index in [9.17, 15) is 4.79 Å². The molecule has 0 aliphatic heterocycles. The average molecular weight is 229 g/mol. The highest BCUT2D eigenvalue weighted by molar-refractivity contribution is 5.90. The molecule has 5 nitrogen and oxygen atoms in total. The first-order valence-corrected chi connectivity index (χ1v) is 4.97. The molecule has 2 aromatic rings. The number of aromatic nitrogens is 2. The summed E-state index contributed by atoms with van der Waals surface area (Å²) < 4.78 is 5.06. The van der Waals surface area contributed by atoms with E-state index in [0.29, 0.717) is 5.69 Å². The monoisotopic (exact) mass is 229 g/mol. The minimum Gasteiger partial charge on any atom is -0.497 e. The third-order valence-electron chi connectivity index (χ3n) is 2.27. The Balaban J connectivity index is 2.38. The van der Waals surface area contributed by atoms with E-state index in [-0.39, 0.29) is 5.69 Å². The average Bonchev–Trinajstić information content (AvgIpc) is 2.39. The summed E-state index contributed by atoms with van der Waals surface area (Å²) >= 11 is 0. The number of nitrogens with two attached hydrogens (primary N) is 1. The summed E-state index contributed by atoms with van der Waals surface area (Å²) in [5.74, 6) is 0.167. The van der Waals surface area contributed by atoms with Crippen LogP contribution < -0.4 is 10.5 Å². The number of rotatable bonds is 3. The molecule has 0 aliphatic carbocycles. The van der Waals surface area contributed by atoms with Gasteiger partial charge in [-0.05, 0) is 24.3 Å². The first kappa shape index (κ1) is 11.1. The maximum Gasteiger partial charge on any atom is 0.268 e. The maximum atomic E-state index is 11.0. The topological polar surface area (TPSA) is 78.1 Å². The van der Waals surface area contributed by atoms with Crippen molar-refractivity contribution in [3.63, 3.8) is 0 Å². The highest BCUT2D eigenvalue weighted by Gasteiger charge is 2.05. The standard InChI is InChI=1S/C12H11N3O2/c1-17-9-4-2-8(3-5-9)10-6-14-7-11(15-10)12(13)16/h2-7H,1H3,(H2,13,16). The summed E-state index contributed by atoms with van der Waals surface area (Å²) in [6.45, 7) is 0. The lowest BCUT2D eigenvalue weighted by Gasteiger charge is -2.03. The second-order valence-corrected chi connectivity index (χ2v) is 3.38. The lowest BCUT2D eigenvalue weighted by molar-refractivity contribution is 0.0995. The number of hydrogen-bond acceptors (Lipinski definition) is 4. The van der Waals surface area contributed by atoms with E-state index in [4.69, 9.17) is 10.5 Å². The number of carbonyl (C=O) groups excluding carboxylic acids is 1. The molecule has 17 heavy (non-hydrogen) atoms. The predicted molar refractivity (Wildman–Crippen MR) is 62.5 cm³/mol. The SMILES string of the molecule is COc1ccc(-c2cncc(C(N)=O)n2)cc1. The van der Waals surface area contributed by atoms with Crippen molar-refractivity contribution in [2.24, 2.45) is 5.73 Å². The Morgan fingerprint density at radius 2 is 1.94 bits per heavy atom. The summed E-state index contributed by atoms with van der Waals surface area (Å²) in [5, 5.41) is 0. The molecule has 0 aliphatic rings. The van der Waals surface area contributed by atoms with Crippen LogP contribution in [0.3, 0.4) is 0 Å². The molecule has 0 spiro atoms. The Morgan fingerprint density at radius 1 is 1.24 bits per heavy atom. The molecule has 5 heteroatoms. The summed E-state index contributed by atoms with van der Waals surface area (Å²) in [6.07, 6.45) is 2.92. The van der Waals surface area contributed by atoms with E-state index < -0.39 is 5.91 Å². The summed E-state index contributed by atoms with van der Waals surface area (Å²) in [4.78, 5) is 19.0. The second kappa shape index (κ2) is 4.61. The van der Waals surface area contributed by atoms with Crippen molar-refractivity contribution in [3.05, 3.63) is 42.4 Å². The Morgan fingerprint density at radius 3 is 2.53 bits per heavy atom. The molecule has 0 unspecified atom stereocenters. The molecule has 1 aromatic heterocycles. The van der Waals surface area contributed by atoms with Crippen LogP contribution in [0.15, 0.2) is 36.7 Å². The molecule has 0 saturated heterocycles. The van der Waals surface area contributed by atoms with Gasteiger partial charge >= 0.3 is 0 Å². The van der Waals surface area contributed by atoms with Gasteiger partial charge in [0.05, 0.1) is 25.2 Å². The zero-order valence-electron chi connectivity index (χ0n) is 9.25. The zero-order chi connectivity index (χ0) is 12.3. The van der Waals surface area contributed by atoms with E-state index in [2.05, 4.69) is 9.97 Å². The largest absolute Gasteiger partial charge is 0.497 e. The van der Waals surface area contributed by atoms with E-state index in [1.165, 1.54) is 6.20 Å². The lowest BCUT2D eigenvalue weighted by Crippen LogP contribution is -2.13. The minimum atomic E-state index is -0.590. The van der Waals surface area contributed by atoms with Crippen LogP contribution >= 0.6 is 0 Å². The van der Waals surface area contributed by atoms with Crippen molar-refractivity contribution in [3.8, 4) is 17.0 Å². The highest BCUT2D eigenvalue weighted by atomic mass is 16.5. The number of amides is 1. The van der Waals surface area contributed by atoms with Crippen molar-refractivity contribution in [2.75, 3.05) is 7.11 Å². The Kier molecular flexibility index (Phi) is 3.00. The van der Waals surface area contributed by atoms with Crippen LogP contribution in [0.4, 0.5) is 0 Å². The van der Waals surface area contributed by atoms with Gasteiger partial charge in [0.15, 0.2) is 0 Å². The smallest absolute Gasteiger partial charge is 0.268 e. The van der Waals surface area contributed by atoms with Crippen LogP contribution in [-0.4, -0.2) is 23.0 Å². The number of methoxy groups -OCH3 is 1. The Labute approximate surface area is 98.3 Å². The summed E-state index contributed by atoms with van der Waals surface area (Å²) in [7, 11) is 1.60. The number of nitrogens with zero attached hydrogens (tertiary/aromatic N) is 2. The third-order valence-corrected chi connectivity index (χ3v) is 2.27. The molecule has 0 atom stereocenters. The molecule has 86 valence electrons. The van der Waals surface area contributed by atoms with Gasteiger partial charge in [-0.1, -0.05) is 0 Å². The molecule has 1 heterocycles. The number of hydrogen-bond donors (Lipinski definition) is 1. The van der Waals surface area contributed by atoms with Crippen molar-refractivity contribution in [2.45, 2.75) is 0 Å². The van der Waals surface area contributed by atoms with Gasteiger partial charge in [-0.25, -0.2) is 4.98 Å². The normalized spacial score (nSPS) is 9.94. The fourth-order valence-electron chi connectivity index (χ4n) is 1.39. The first-order chi connectivity index (χ1) is 8.20. The molecule has 1 aromatic carbocycles. The fourth-order valence-corrected chi connectivity index (χ4v) is 1.39. The van der Waals surface area contributed by atoms with Gasteiger partial charge in [-0.15, -0.1) is 0 Å². The molecule has 0 bridgehead atoms. The maximum absolute atomic E-state index is 11.0. The van der Waals surface area contributed by atoms with E-state index >= 15 is 0 Å². The van der Waals surface area contributed by atoms with Crippen LogP contribution in [0.2, 0.25) is 0 Å². The van der Waals surface area contributed by atoms with Crippen molar-refractivity contribution >= 4 is 5.91 Å². The van der Waals surface area contributed by atoms with Gasteiger partial charge in [0, 0.05) is 5.56 Å². The van der Waals surface area contributed by atoms with Gasteiger partial charge < -0.3 is 10.5 Å². The second-order valence-electron chi connectivity index (χ2n) is 3.38. The van der Waals surface area contributed by atoms with Crippen molar-refractivity contribution < 1.29 is 9.53 Å². The minimum absolute atomic E-state index is 0.151. The Hall–Kier alpha value is -2.43. The van der Waals surface area contributed by atoms with Crippen molar-refractivity contribution in [1.29, 1.82) is 0 Å². The highest BCUT2D eigenvalue weighted by Crippen LogP contribution is 2.19. The van der Waals surface area contributed by atoms with Gasteiger partial charge in [0.25, 0.3) is 5.91 Å². The number of benzene rings is 1.